The van der Waals surface area contributed by atoms with Gasteiger partial charge < -0.3 is 19.0 Å². The van der Waals surface area contributed by atoms with E-state index in [-0.39, 0.29) is 23.5 Å². The monoisotopic (exact) mass is 467 g/mol. The van der Waals surface area contributed by atoms with Crippen molar-refractivity contribution in [1.29, 1.82) is 0 Å². The molecule has 1 amide bonds. The fourth-order valence-corrected chi connectivity index (χ4v) is 4.27. The van der Waals surface area contributed by atoms with Gasteiger partial charge in [-0.05, 0) is 25.1 Å². The minimum absolute atomic E-state index is 0.152. The number of fused-ring (bicyclic) bond motifs is 1. The van der Waals surface area contributed by atoms with Crippen LogP contribution in [-0.4, -0.2) is 48.2 Å². The summed E-state index contributed by atoms with van der Waals surface area (Å²) in [5, 5.41) is 0.639. The molecule has 1 aliphatic heterocycles. The van der Waals surface area contributed by atoms with E-state index in [1.807, 2.05) is 11.8 Å². The molecular formula is C21H20Cl2FN3O4. The summed E-state index contributed by atoms with van der Waals surface area (Å²) >= 11 is 11.9. The minimum Gasteiger partial charge on any atom is -0.495 e. The van der Waals surface area contributed by atoms with Crippen molar-refractivity contribution >= 4 is 45.9 Å². The van der Waals surface area contributed by atoms with Gasteiger partial charge in [0, 0.05) is 42.8 Å². The fourth-order valence-electron chi connectivity index (χ4n) is 3.88. The second kappa shape index (κ2) is 8.43. The van der Waals surface area contributed by atoms with Gasteiger partial charge in [0.15, 0.2) is 5.58 Å². The highest BCUT2D eigenvalue weighted by molar-refractivity contribution is 6.32. The molecule has 4 rings (SSSR count). The zero-order valence-electron chi connectivity index (χ0n) is 16.9. The number of halogens is 3. The number of hydrogen-bond acceptors (Lipinski definition) is 5. The molecule has 2 aromatic carbocycles. The highest BCUT2D eigenvalue weighted by Crippen LogP contribution is 2.33. The predicted molar refractivity (Wildman–Crippen MR) is 117 cm³/mol. The predicted octanol–water partition coefficient (Wildman–Crippen LogP) is 3.79. The lowest BCUT2D eigenvalue weighted by Crippen LogP contribution is -2.55. The van der Waals surface area contributed by atoms with Crippen molar-refractivity contribution in [3.05, 3.63) is 56.7 Å². The van der Waals surface area contributed by atoms with Crippen LogP contribution in [0.15, 0.2) is 39.5 Å². The zero-order valence-corrected chi connectivity index (χ0v) is 18.4. The maximum absolute atomic E-state index is 14.5. The summed E-state index contributed by atoms with van der Waals surface area (Å²) in [6.45, 7) is 2.95. The van der Waals surface area contributed by atoms with Crippen LogP contribution in [0, 0.1) is 5.82 Å². The van der Waals surface area contributed by atoms with E-state index in [0.717, 1.165) is 0 Å². The summed E-state index contributed by atoms with van der Waals surface area (Å²) in [6.07, 6.45) is 0. The second-order valence-electron chi connectivity index (χ2n) is 7.39. The van der Waals surface area contributed by atoms with Crippen LogP contribution in [0.1, 0.15) is 6.92 Å². The number of ether oxygens (including phenoxy) is 1. The molecule has 1 aliphatic rings. The van der Waals surface area contributed by atoms with E-state index in [1.54, 1.807) is 23.1 Å². The van der Waals surface area contributed by atoms with E-state index in [9.17, 15) is 14.0 Å². The van der Waals surface area contributed by atoms with Gasteiger partial charge in [-0.15, -0.1) is 0 Å². The van der Waals surface area contributed by atoms with Crippen molar-refractivity contribution in [3.63, 3.8) is 0 Å². The average Bonchev–Trinajstić information content (AvgIpc) is 3.02. The standard InChI is InChI=1S/C21H20Cl2FN3O4/c1-12-10-25(17-9-18(30-2)14(23)8-15(17)24)5-6-26(12)20(28)11-27-16-4-3-13(22)7-19(16)31-21(27)29/h3-4,7-9,12H,5-6,10-11H2,1-2H3. The van der Waals surface area contributed by atoms with Crippen LogP contribution < -0.4 is 15.4 Å². The summed E-state index contributed by atoms with van der Waals surface area (Å²) in [4.78, 5) is 28.7. The topological polar surface area (TPSA) is 67.9 Å². The third-order valence-corrected chi connectivity index (χ3v) is 5.96. The number of hydrogen-bond donors (Lipinski definition) is 0. The number of piperazine rings is 1. The number of rotatable bonds is 4. The lowest BCUT2D eigenvalue weighted by Gasteiger charge is -2.41. The number of nitrogens with zero attached hydrogens (tertiary/aromatic N) is 3. The SMILES string of the molecule is COc1cc(N2CCN(C(=O)Cn3c(=O)oc4cc(Cl)ccc43)C(C)C2)c(F)cc1Cl. The lowest BCUT2D eigenvalue weighted by atomic mass is 10.1. The molecule has 0 spiro atoms. The Morgan fingerprint density at radius 2 is 2.03 bits per heavy atom. The largest absolute Gasteiger partial charge is 0.495 e. The van der Waals surface area contributed by atoms with E-state index < -0.39 is 11.6 Å². The van der Waals surface area contributed by atoms with Crippen LogP contribution >= 0.6 is 23.2 Å². The highest BCUT2D eigenvalue weighted by Gasteiger charge is 2.30. The molecular weight excluding hydrogens is 448 g/mol. The van der Waals surface area contributed by atoms with E-state index in [4.69, 9.17) is 32.4 Å². The van der Waals surface area contributed by atoms with Crippen molar-refractivity contribution in [1.82, 2.24) is 9.47 Å². The molecule has 7 nitrogen and oxygen atoms in total. The number of oxazole rings is 1. The first kappa shape index (κ1) is 21.5. The molecule has 1 atom stereocenters. The van der Waals surface area contributed by atoms with Gasteiger partial charge in [0.05, 0.1) is 23.3 Å². The third kappa shape index (κ3) is 4.09. The van der Waals surface area contributed by atoms with Crippen LogP contribution in [0.5, 0.6) is 5.75 Å². The van der Waals surface area contributed by atoms with Gasteiger partial charge in [-0.3, -0.25) is 9.36 Å². The fraction of sp³-hybridized carbons (Fsp3) is 0.333. The first-order chi connectivity index (χ1) is 14.8. The average molecular weight is 468 g/mol. The maximum Gasteiger partial charge on any atom is 0.420 e. The number of aromatic nitrogens is 1. The Bertz CT molecular complexity index is 1210. The van der Waals surface area contributed by atoms with Crippen LogP contribution in [0.4, 0.5) is 10.1 Å². The molecule has 0 radical (unpaired) electrons. The van der Waals surface area contributed by atoms with Gasteiger partial charge in [-0.1, -0.05) is 23.2 Å². The lowest BCUT2D eigenvalue weighted by molar-refractivity contribution is -0.134. The Hall–Kier alpha value is -2.71. The molecule has 164 valence electrons. The van der Waals surface area contributed by atoms with Gasteiger partial charge in [-0.25, -0.2) is 9.18 Å². The summed E-state index contributed by atoms with van der Waals surface area (Å²) in [5.41, 5.74) is 1.20. The number of anilines is 1. The smallest absolute Gasteiger partial charge is 0.420 e. The van der Waals surface area contributed by atoms with Crippen molar-refractivity contribution in [2.75, 3.05) is 31.6 Å². The van der Waals surface area contributed by atoms with Gasteiger partial charge in [0.1, 0.15) is 18.1 Å². The molecule has 0 aliphatic carbocycles. The number of methoxy groups -OCH3 is 1. The van der Waals surface area contributed by atoms with E-state index in [1.165, 1.54) is 23.8 Å². The van der Waals surface area contributed by atoms with E-state index >= 15 is 0 Å². The van der Waals surface area contributed by atoms with Crippen LogP contribution in [-0.2, 0) is 11.3 Å². The summed E-state index contributed by atoms with van der Waals surface area (Å²) < 4.78 is 26.2. The molecule has 1 saturated heterocycles. The number of amides is 1. The van der Waals surface area contributed by atoms with Crippen molar-refractivity contribution in [2.45, 2.75) is 19.5 Å². The van der Waals surface area contributed by atoms with E-state index in [0.29, 0.717) is 47.2 Å². The molecule has 1 aromatic heterocycles. The van der Waals surface area contributed by atoms with E-state index in [2.05, 4.69) is 0 Å². The second-order valence-corrected chi connectivity index (χ2v) is 8.23. The van der Waals surface area contributed by atoms with Gasteiger partial charge >= 0.3 is 5.76 Å². The maximum atomic E-state index is 14.5. The molecule has 0 saturated carbocycles. The van der Waals surface area contributed by atoms with Crippen molar-refractivity contribution in [3.8, 4) is 5.75 Å². The normalized spacial score (nSPS) is 16.7. The Balaban J connectivity index is 1.50. The van der Waals surface area contributed by atoms with Crippen LogP contribution in [0.3, 0.4) is 0 Å². The Morgan fingerprint density at radius 3 is 2.74 bits per heavy atom. The highest BCUT2D eigenvalue weighted by atomic mass is 35.5. The van der Waals surface area contributed by atoms with Gasteiger partial charge in [0.2, 0.25) is 5.91 Å². The number of carbonyl (C=O) groups excluding carboxylic acids is 1. The van der Waals surface area contributed by atoms with Gasteiger partial charge in [0.25, 0.3) is 0 Å². The molecule has 31 heavy (non-hydrogen) atoms. The Labute approximate surface area is 187 Å². The molecule has 0 N–H and O–H groups in total. The van der Waals surface area contributed by atoms with Crippen LogP contribution in [0.2, 0.25) is 10.0 Å². The Kier molecular flexibility index (Phi) is 5.85. The molecule has 1 unspecified atom stereocenters. The third-order valence-electron chi connectivity index (χ3n) is 5.43. The van der Waals surface area contributed by atoms with Crippen LogP contribution in [0.25, 0.3) is 11.1 Å². The summed E-state index contributed by atoms with van der Waals surface area (Å²) in [7, 11) is 1.47. The summed E-state index contributed by atoms with van der Waals surface area (Å²) in [5.74, 6) is -0.906. The summed E-state index contributed by atoms with van der Waals surface area (Å²) in [6, 6.07) is 7.40. The van der Waals surface area contributed by atoms with Crippen molar-refractivity contribution in [2.24, 2.45) is 0 Å². The molecule has 1 fully saturated rings. The molecule has 2 heterocycles. The minimum atomic E-state index is -0.618. The van der Waals surface area contributed by atoms with Crippen molar-refractivity contribution < 1.29 is 18.3 Å². The number of benzene rings is 2. The molecule has 10 heteroatoms. The Morgan fingerprint density at radius 1 is 1.26 bits per heavy atom. The first-order valence-corrected chi connectivity index (χ1v) is 10.4. The van der Waals surface area contributed by atoms with Gasteiger partial charge in [-0.2, -0.15) is 0 Å². The zero-order chi connectivity index (χ0) is 22.3. The number of carbonyl (C=O) groups is 1. The first-order valence-electron chi connectivity index (χ1n) is 9.65. The molecule has 0 bridgehead atoms. The quantitative estimate of drug-likeness (QED) is 0.583. The molecule has 3 aromatic rings.